The maximum atomic E-state index is 13.2. The Balaban J connectivity index is 1.59. The molecule has 2 aromatic heterocycles. The van der Waals surface area contributed by atoms with E-state index in [-0.39, 0.29) is 48.2 Å². The number of hydrogen-bond donors (Lipinski definition) is 2. The Morgan fingerprint density at radius 3 is 2.64 bits per heavy atom. The molecule has 33 heavy (non-hydrogen) atoms. The Morgan fingerprint density at radius 1 is 1.12 bits per heavy atom. The number of nitrogens with one attached hydrogen (secondary N) is 2. The van der Waals surface area contributed by atoms with Crippen LogP contribution in [0.1, 0.15) is 52.4 Å². The van der Waals surface area contributed by atoms with E-state index in [0.29, 0.717) is 21.8 Å². The minimum atomic E-state index is -0.213. The number of carbonyl (C=O) groups is 2. The van der Waals surface area contributed by atoms with Gasteiger partial charge in [-0.3, -0.25) is 23.4 Å². The molecule has 0 aliphatic heterocycles. The van der Waals surface area contributed by atoms with E-state index in [1.54, 1.807) is 16.5 Å². The Kier molecular flexibility index (Phi) is 7.32. The topological polar surface area (TPSA) is 110 Å². The predicted octanol–water partition coefficient (Wildman–Crippen LogP) is 2.50. The Hall–Kier alpha value is -2.88. The average molecular weight is 471 g/mol. The lowest BCUT2D eigenvalue weighted by atomic mass is 9.95. The predicted molar refractivity (Wildman–Crippen MR) is 128 cm³/mol. The molecular weight excluding hydrogens is 440 g/mol. The molecule has 9 nitrogen and oxygen atoms in total. The highest BCUT2D eigenvalue weighted by Crippen LogP contribution is 2.22. The van der Waals surface area contributed by atoms with Gasteiger partial charge in [0, 0.05) is 25.0 Å². The summed E-state index contributed by atoms with van der Waals surface area (Å²) in [5.41, 5.74) is 0.468. The highest BCUT2D eigenvalue weighted by atomic mass is 32.2. The van der Waals surface area contributed by atoms with Crippen LogP contribution in [0, 0.1) is 0 Å². The van der Waals surface area contributed by atoms with Gasteiger partial charge in [0.1, 0.15) is 0 Å². The minimum Gasteiger partial charge on any atom is -0.354 e. The summed E-state index contributed by atoms with van der Waals surface area (Å²) in [5.74, 6) is 0.441. The summed E-state index contributed by atoms with van der Waals surface area (Å²) >= 11 is 1.30. The van der Waals surface area contributed by atoms with E-state index in [1.807, 2.05) is 26.0 Å². The fraction of sp³-hybridized carbons (Fsp3) is 0.522. The van der Waals surface area contributed by atoms with E-state index in [2.05, 4.69) is 20.8 Å². The van der Waals surface area contributed by atoms with Crippen LogP contribution in [0.15, 0.2) is 34.2 Å². The van der Waals surface area contributed by atoms with Crippen molar-refractivity contribution in [2.24, 2.45) is 0 Å². The zero-order chi connectivity index (χ0) is 23.4. The zero-order valence-corrected chi connectivity index (χ0v) is 19.9. The molecule has 1 aliphatic carbocycles. The number of carbonyl (C=O) groups excluding carboxylic acids is 2. The first-order valence-corrected chi connectivity index (χ1v) is 12.5. The molecule has 0 unspecified atom stereocenters. The number of aromatic nitrogens is 4. The van der Waals surface area contributed by atoms with Gasteiger partial charge < -0.3 is 10.6 Å². The van der Waals surface area contributed by atoms with E-state index in [9.17, 15) is 14.4 Å². The summed E-state index contributed by atoms with van der Waals surface area (Å²) in [6.07, 6.45) is 5.78. The molecule has 3 aromatic rings. The van der Waals surface area contributed by atoms with E-state index < -0.39 is 0 Å². The van der Waals surface area contributed by atoms with Gasteiger partial charge in [0.2, 0.25) is 17.6 Å². The number of hydrogen-bond acceptors (Lipinski definition) is 6. The van der Waals surface area contributed by atoms with Crippen LogP contribution in [0.4, 0.5) is 0 Å². The lowest BCUT2D eigenvalue weighted by Gasteiger charge is -2.22. The molecule has 4 rings (SSSR count). The second kappa shape index (κ2) is 10.4. The molecule has 0 spiro atoms. The van der Waals surface area contributed by atoms with Crippen LogP contribution in [0.2, 0.25) is 0 Å². The maximum Gasteiger partial charge on any atom is 0.262 e. The van der Waals surface area contributed by atoms with Gasteiger partial charge in [-0.2, -0.15) is 0 Å². The third-order valence-corrected chi connectivity index (χ3v) is 6.72. The van der Waals surface area contributed by atoms with Crippen LogP contribution < -0.4 is 16.2 Å². The van der Waals surface area contributed by atoms with Crippen LogP contribution >= 0.6 is 11.8 Å². The van der Waals surface area contributed by atoms with Crippen LogP contribution in [-0.2, 0) is 16.1 Å². The number of para-hydroxylation sites is 1. The fourth-order valence-corrected chi connectivity index (χ4v) is 5.03. The standard InChI is InChI=1S/C23H30N6O3S/c1-15(2)24-19(30)12-13-28-21(32)17-10-6-7-11-18(17)29-22(28)26-27-23(29)33-14-20(31)25-16-8-4-3-5-9-16/h6-7,10-11,15-16H,3-5,8-9,12-14H2,1-2H3,(H,24,30)(H,25,31). The van der Waals surface area contributed by atoms with Gasteiger partial charge in [0.15, 0.2) is 5.16 Å². The van der Waals surface area contributed by atoms with Crippen molar-refractivity contribution >= 4 is 40.3 Å². The smallest absolute Gasteiger partial charge is 0.262 e. The third kappa shape index (κ3) is 5.38. The normalized spacial score (nSPS) is 14.8. The van der Waals surface area contributed by atoms with Crippen LogP contribution in [0.5, 0.6) is 0 Å². The van der Waals surface area contributed by atoms with Crippen molar-refractivity contribution < 1.29 is 9.59 Å². The van der Waals surface area contributed by atoms with Gasteiger partial charge in [-0.1, -0.05) is 43.2 Å². The molecule has 0 bridgehead atoms. The summed E-state index contributed by atoms with van der Waals surface area (Å²) in [5, 5.41) is 15.6. The van der Waals surface area contributed by atoms with Gasteiger partial charge in [-0.05, 0) is 38.8 Å². The van der Waals surface area contributed by atoms with Crippen molar-refractivity contribution in [3.63, 3.8) is 0 Å². The molecule has 0 saturated heterocycles. The maximum absolute atomic E-state index is 13.2. The molecular formula is C23H30N6O3S. The quantitative estimate of drug-likeness (QED) is 0.490. The molecule has 1 fully saturated rings. The molecule has 1 aromatic carbocycles. The number of thioether (sulfide) groups is 1. The van der Waals surface area contributed by atoms with Crippen molar-refractivity contribution in [3.05, 3.63) is 34.6 Å². The van der Waals surface area contributed by atoms with E-state index in [1.165, 1.54) is 22.7 Å². The van der Waals surface area contributed by atoms with E-state index >= 15 is 0 Å². The second-order valence-corrected chi connectivity index (χ2v) is 9.70. The van der Waals surface area contributed by atoms with E-state index in [4.69, 9.17) is 0 Å². The Labute approximate surface area is 196 Å². The van der Waals surface area contributed by atoms with Gasteiger partial charge in [-0.25, -0.2) is 0 Å². The molecule has 0 atom stereocenters. The number of benzene rings is 1. The fourth-order valence-electron chi connectivity index (χ4n) is 4.28. The largest absolute Gasteiger partial charge is 0.354 e. The molecule has 2 amide bonds. The molecule has 2 N–H and O–H groups in total. The van der Waals surface area contributed by atoms with E-state index in [0.717, 1.165) is 25.7 Å². The van der Waals surface area contributed by atoms with Crippen molar-refractivity contribution in [1.29, 1.82) is 0 Å². The number of amides is 2. The Bertz CT molecular complexity index is 1210. The summed E-state index contributed by atoms with van der Waals surface area (Å²) in [4.78, 5) is 37.8. The van der Waals surface area contributed by atoms with Crippen LogP contribution in [0.3, 0.4) is 0 Å². The van der Waals surface area contributed by atoms with Crippen molar-refractivity contribution in [1.82, 2.24) is 29.8 Å². The van der Waals surface area contributed by atoms with Crippen molar-refractivity contribution in [3.8, 4) is 0 Å². The first-order valence-electron chi connectivity index (χ1n) is 11.5. The lowest BCUT2D eigenvalue weighted by Crippen LogP contribution is -2.37. The van der Waals surface area contributed by atoms with Crippen LogP contribution in [-0.4, -0.2) is 48.8 Å². The summed E-state index contributed by atoms with van der Waals surface area (Å²) < 4.78 is 3.29. The minimum absolute atomic E-state index is 0.0216. The molecule has 10 heteroatoms. The number of rotatable bonds is 8. The third-order valence-electron chi connectivity index (χ3n) is 5.79. The monoisotopic (exact) mass is 470 g/mol. The first kappa shape index (κ1) is 23.3. The molecule has 2 heterocycles. The summed E-state index contributed by atoms with van der Waals surface area (Å²) in [6, 6.07) is 7.54. The van der Waals surface area contributed by atoms with Crippen molar-refractivity contribution in [2.75, 3.05) is 5.75 Å². The zero-order valence-electron chi connectivity index (χ0n) is 19.0. The lowest BCUT2D eigenvalue weighted by molar-refractivity contribution is -0.122. The SMILES string of the molecule is CC(C)NC(=O)CCn1c(=O)c2ccccc2n2c(SCC(=O)NC3CCCCC3)nnc12. The summed E-state index contributed by atoms with van der Waals surface area (Å²) in [7, 11) is 0. The molecule has 1 aliphatic rings. The Morgan fingerprint density at radius 2 is 1.88 bits per heavy atom. The van der Waals surface area contributed by atoms with Crippen LogP contribution in [0.25, 0.3) is 16.7 Å². The second-order valence-electron chi connectivity index (χ2n) is 8.76. The highest BCUT2D eigenvalue weighted by molar-refractivity contribution is 7.99. The number of aryl methyl sites for hydroxylation is 1. The van der Waals surface area contributed by atoms with Gasteiger partial charge in [0.05, 0.1) is 16.7 Å². The number of fused-ring (bicyclic) bond motifs is 3. The summed E-state index contributed by atoms with van der Waals surface area (Å²) in [6.45, 7) is 3.98. The van der Waals surface area contributed by atoms with Gasteiger partial charge in [0.25, 0.3) is 5.56 Å². The molecule has 0 radical (unpaired) electrons. The molecule has 176 valence electrons. The van der Waals surface area contributed by atoms with Gasteiger partial charge >= 0.3 is 0 Å². The van der Waals surface area contributed by atoms with Gasteiger partial charge in [-0.15, -0.1) is 10.2 Å². The van der Waals surface area contributed by atoms with Crippen molar-refractivity contribution in [2.45, 2.75) is 76.2 Å². The number of nitrogens with zero attached hydrogens (tertiary/aromatic N) is 4. The first-order chi connectivity index (χ1) is 15.9. The average Bonchev–Trinajstić information content (AvgIpc) is 3.22. The molecule has 1 saturated carbocycles. The highest BCUT2D eigenvalue weighted by Gasteiger charge is 2.20.